The van der Waals surface area contributed by atoms with Crippen LogP contribution in [0.1, 0.15) is 32.3 Å². The Bertz CT molecular complexity index is 1160. The van der Waals surface area contributed by atoms with Crippen molar-refractivity contribution in [1.82, 2.24) is 5.16 Å². The van der Waals surface area contributed by atoms with Crippen LogP contribution in [0.3, 0.4) is 0 Å². The van der Waals surface area contributed by atoms with Crippen molar-refractivity contribution in [1.29, 1.82) is 0 Å². The molecule has 33 heavy (non-hydrogen) atoms. The van der Waals surface area contributed by atoms with Gasteiger partial charge in [-0.15, -0.1) is 0 Å². The average Bonchev–Trinajstić information content (AvgIpc) is 3.46. The van der Waals surface area contributed by atoms with Crippen LogP contribution in [0.25, 0.3) is 17.0 Å². The highest BCUT2D eigenvalue weighted by Crippen LogP contribution is 2.38. The highest BCUT2D eigenvalue weighted by atomic mass is 16.5. The van der Waals surface area contributed by atoms with Crippen molar-refractivity contribution < 1.29 is 24.0 Å². The molecule has 0 saturated carbocycles. The Labute approximate surface area is 192 Å². The van der Waals surface area contributed by atoms with E-state index in [0.29, 0.717) is 22.7 Å². The lowest BCUT2D eigenvalue weighted by Gasteiger charge is -2.30. The fourth-order valence-corrected chi connectivity index (χ4v) is 4.35. The second kappa shape index (κ2) is 9.32. The van der Waals surface area contributed by atoms with Gasteiger partial charge in [0.25, 0.3) is 11.7 Å². The summed E-state index contributed by atoms with van der Waals surface area (Å²) in [6, 6.07) is 15.2. The molecule has 2 heterocycles. The number of rotatable bonds is 7. The first kappa shape index (κ1) is 22.3. The van der Waals surface area contributed by atoms with Crippen LogP contribution in [-0.4, -0.2) is 35.1 Å². The molecule has 1 amide bonds. The van der Waals surface area contributed by atoms with E-state index in [4.69, 9.17) is 9.26 Å². The van der Waals surface area contributed by atoms with Crippen molar-refractivity contribution in [3.05, 3.63) is 72.0 Å². The topological polar surface area (TPSA) is 92.9 Å². The van der Waals surface area contributed by atoms with E-state index in [9.17, 15) is 14.7 Å². The van der Waals surface area contributed by atoms with Crippen LogP contribution >= 0.6 is 0 Å². The summed E-state index contributed by atoms with van der Waals surface area (Å²) in [4.78, 5) is 27.8. The van der Waals surface area contributed by atoms with E-state index < -0.39 is 17.7 Å². The fraction of sp³-hybridized carbons (Fsp3) is 0.269. The number of amides is 1. The van der Waals surface area contributed by atoms with Crippen molar-refractivity contribution in [3.8, 4) is 17.0 Å². The number of ketones is 1. The molecule has 2 aromatic carbocycles. The molecule has 1 aromatic heterocycles. The molecule has 1 saturated heterocycles. The molecule has 0 radical (unpaired) electrons. The van der Waals surface area contributed by atoms with Crippen molar-refractivity contribution in [2.75, 3.05) is 12.0 Å². The lowest BCUT2D eigenvalue weighted by atomic mass is 9.89. The van der Waals surface area contributed by atoms with Gasteiger partial charge in [-0.05, 0) is 48.7 Å². The zero-order valence-corrected chi connectivity index (χ0v) is 18.8. The van der Waals surface area contributed by atoms with Gasteiger partial charge in [0.2, 0.25) is 0 Å². The molecule has 1 aliphatic rings. The zero-order valence-electron chi connectivity index (χ0n) is 18.8. The number of ether oxygens (including phenoxy) is 1. The summed E-state index contributed by atoms with van der Waals surface area (Å²) in [5.41, 5.74) is 2.70. The minimum Gasteiger partial charge on any atom is -0.507 e. The lowest BCUT2D eigenvalue weighted by molar-refractivity contribution is -0.132. The minimum atomic E-state index is -0.683. The minimum absolute atomic E-state index is 0.0454. The van der Waals surface area contributed by atoms with Crippen molar-refractivity contribution in [2.45, 2.75) is 32.7 Å². The van der Waals surface area contributed by atoms with Crippen molar-refractivity contribution in [3.63, 3.8) is 0 Å². The molecule has 4 rings (SSSR count). The highest BCUT2D eigenvalue weighted by Gasteiger charge is 2.48. The second-order valence-electron chi connectivity index (χ2n) is 8.14. The Morgan fingerprint density at radius 2 is 1.82 bits per heavy atom. The Morgan fingerprint density at radius 1 is 1.12 bits per heavy atom. The summed E-state index contributed by atoms with van der Waals surface area (Å²) in [7, 11) is 1.56. The van der Waals surface area contributed by atoms with Crippen LogP contribution < -0.4 is 9.64 Å². The number of methoxy groups -OCH3 is 1. The molecular weight excluding hydrogens is 420 g/mol. The summed E-state index contributed by atoms with van der Waals surface area (Å²) in [5.74, 6) is -0.916. The quantitative estimate of drug-likeness (QED) is 0.310. The maximum atomic E-state index is 13.2. The number of carbonyl (C=O) groups is 2. The van der Waals surface area contributed by atoms with E-state index in [1.54, 1.807) is 49.6 Å². The third-order valence-electron chi connectivity index (χ3n) is 6.01. The smallest absolute Gasteiger partial charge is 0.299 e. The largest absolute Gasteiger partial charge is 0.507 e. The van der Waals surface area contributed by atoms with Gasteiger partial charge in [-0.1, -0.05) is 37.6 Å². The van der Waals surface area contributed by atoms with E-state index in [-0.39, 0.29) is 17.3 Å². The van der Waals surface area contributed by atoms with Crippen LogP contribution in [-0.2, 0) is 9.59 Å². The summed E-state index contributed by atoms with van der Waals surface area (Å²) in [6.07, 6.45) is 3.17. The molecule has 1 fully saturated rings. The molecule has 0 bridgehead atoms. The average molecular weight is 447 g/mol. The predicted octanol–water partition coefficient (Wildman–Crippen LogP) is 5.04. The third-order valence-corrected chi connectivity index (χ3v) is 6.01. The van der Waals surface area contributed by atoms with Gasteiger partial charge in [-0.25, -0.2) is 0 Å². The van der Waals surface area contributed by atoms with E-state index in [1.807, 2.05) is 19.1 Å². The number of aliphatic hydroxyl groups is 1. The number of carbonyl (C=O) groups excluding carboxylic acids is 2. The van der Waals surface area contributed by atoms with Gasteiger partial charge in [0.05, 0.1) is 18.7 Å². The second-order valence-corrected chi connectivity index (χ2v) is 8.14. The van der Waals surface area contributed by atoms with Gasteiger partial charge in [0.15, 0.2) is 0 Å². The van der Waals surface area contributed by atoms with Crippen LogP contribution in [0.2, 0.25) is 0 Å². The number of aliphatic hydroxyl groups excluding tert-OH is 1. The molecule has 1 aliphatic heterocycles. The molecule has 2 unspecified atom stereocenters. The highest BCUT2D eigenvalue weighted by molar-refractivity contribution is 6.51. The molecule has 7 nitrogen and oxygen atoms in total. The first-order valence-electron chi connectivity index (χ1n) is 10.9. The van der Waals surface area contributed by atoms with Crippen LogP contribution in [0.5, 0.6) is 5.75 Å². The van der Waals surface area contributed by atoms with E-state index >= 15 is 0 Å². The van der Waals surface area contributed by atoms with Crippen LogP contribution in [0, 0.1) is 5.92 Å². The van der Waals surface area contributed by atoms with Gasteiger partial charge >= 0.3 is 0 Å². The van der Waals surface area contributed by atoms with E-state index in [1.165, 1.54) is 11.2 Å². The van der Waals surface area contributed by atoms with Crippen LogP contribution in [0.4, 0.5) is 5.69 Å². The van der Waals surface area contributed by atoms with Gasteiger partial charge in [-0.2, -0.15) is 0 Å². The van der Waals surface area contributed by atoms with Gasteiger partial charge in [0, 0.05) is 22.9 Å². The Balaban J connectivity index is 1.78. The first-order valence-corrected chi connectivity index (χ1v) is 10.9. The molecule has 1 N–H and O–H groups in total. The number of benzene rings is 2. The summed E-state index contributed by atoms with van der Waals surface area (Å²) in [5, 5.41) is 15.0. The molecule has 0 aliphatic carbocycles. The third kappa shape index (κ3) is 4.14. The number of nitrogens with zero attached hydrogens (tertiary/aromatic N) is 2. The van der Waals surface area contributed by atoms with Gasteiger partial charge in [-0.3, -0.25) is 14.5 Å². The fourth-order valence-electron chi connectivity index (χ4n) is 4.35. The Hall–Kier alpha value is -3.87. The van der Waals surface area contributed by atoms with Crippen LogP contribution in [0.15, 0.2) is 71.0 Å². The normalized spacial score (nSPS) is 18.5. The Kier molecular flexibility index (Phi) is 6.31. The Morgan fingerprint density at radius 3 is 2.39 bits per heavy atom. The number of hydrogen-bond acceptors (Lipinski definition) is 6. The number of aromatic nitrogens is 1. The number of hydrogen-bond donors (Lipinski definition) is 1. The summed E-state index contributed by atoms with van der Waals surface area (Å²) < 4.78 is 10.1. The standard InChI is InChI=1S/C26H26N2O5/c1-4-5-16(2)23-22(24(29)18-8-12-20(32-3)13-9-18)25(30)26(31)28(23)19-10-6-17(7-11-19)21-14-15-33-27-21/h6-16,23,29H,4-5H2,1-3H3/b24-22-. The first-order chi connectivity index (χ1) is 16.0. The summed E-state index contributed by atoms with van der Waals surface area (Å²) >= 11 is 0. The lowest BCUT2D eigenvalue weighted by Crippen LogP contribution is -2.38. The molecule has 3 aromatic rings. The molecule has 2 atom stereocenters. The zero-order chi connectivity index (χ0) is 23.5. The SMILES string of the molecule is CCCC(C)C1/C(=C(/O)c2ccc(OC)cc2)C(=O)C(=O)N1c1ccc(-c2ccon2)cc1. The van der Waals surface area contributed by atoms with Crippen molar-refractivity contribution >= 4 is 23.1 Å². The maximum absolute atomic E-state index is 13.2. The molecular formula is C26H26N2O5. The van der Waals surface area contributed by atoms with E-state index in [2.05, 4.69) is 12.1 Å². The monoisotopic (exact) mass is 446 g/mol. The van der Waals surface area contributed by atoms with Gasteiger partial charge in [0.1, 0.15) is 23.5 Å². The predicted molar refractivity (Wildman–Crippen MR) is 125 cm³/mol. The maximum Gasteiger partial charge on any atom is 0.299 e. The number of anilines is 1. The molecule has 0 spiro atoms. The number of Topliss-reactive ketones (excluding diaryl/α,β-unsaturated/α-hetero) is 1. The molecule has 7 heteroatoms. The van der Waals surface area contributed by atoms with E-state index in [0.717, 1.165) is 18.4 Å². The van der Waals surface area contributed by atoms with Gasteiger partial charge < -0.3 is 14.4 Å². The summed E-state index contributed by atoms with van der Waals surface area (Å²) in [6.45, 7) is 4.05. The van der Waals surface area contributed by atoms with Crippen molar-refractivity contribution in [2.24, 2.45) is 5.92 Å². The molecule has 170 valence electrons.